The van der Waals surface area contributed by atoms with Crippen LogP contribution in [-0.4, -0.2) is 55.2 Å². The average molecular weight is 238 g/mol. The van der Waals surface area contributed by atoms with Crippen molar-refractivity contribution in [2.24, 2.45) is 0 Å². The zero-order valence-electron chi connectivity index (χ0n) is 10.3. The lowest BCUT2D eigenvalue weighted by Crippen LogP contribution is -2.28. The van der Waals surface area contributed by atoms with Crippen LogP contribution in [-0.2, 0) is 0 Å². The van der Waals surface area contributed by atoms with Gasteiger partial charge in [-0.15, -0.1) is 0 Å². The molecule has 1 heterocycles. The molecule has 0 radical (unpaired) electrons. The van der Waals surface area contributed by atoms with Gasteiger partial charge in [0.2, 0.25) is 0 Å². The minimum absolute atomic E-state index is 0.192. The van der Waals surface area contributed by atoms with Gasteiger partial charge in [-0.1, -0.05) is 0 Å². The Bertz CT molecular complexity index is 364. The molecule has 2 N–H and O–H groups in total. The molecule has 0 unspecified atom stereocenters. The fourth-order valence-electron chi connectivity index (χ4n) is 1.28. The number of nitrogens with one attached hydrogen (secondary N) is 1. The Labute approximate surface area is 101 Å². The Hall–Kier alpha value is -1.66. The molecule has 0 bridgehead atoms. The highest BCUT2D eigenvalue weighted by Gasteiger charge is 2.07. The fraction of sp³-hybridized carbons (Fsp3) is 0.455. The van der Waals surface area contributed by atoms with Gasteiger partial charge in [-0.05, 0) is 26.2 Å². The summed E-state index contributed by atoms with van der Waals surface area (Å²) in [5.41, 5.74) is 2.67. The second-order valence-corrected chi connectivity index (χ2v) is 4.07. The van der Waals surface area contributed by atoms with E-state index in [1.807, 2.05) is 26.0 Å². The summed E-state index contributed by atoms with van der Waals surface area (Å²) in [6, 6.07) is 3.38. The van der Waals surface area contributed by atoms with Crippen LogP contribution in [0.2, 0.25) is 0 Å². The summed E-state index contributed by atoms with van der Waals surface area (Å²) in [4.78, 5) is 19.2. The molecular formula is C11H18N4O2. The first-order chi connectivity index (χ1) is 8.04. The number of hydrogen-bond acceptors (Lipinski definition) is 5. The molecule has 1 aromatic heterocycles. The van der Waals surface area contributed by atoms with Crippen LogP contribution in [0.3, 0.4) is 0 Å². The smallest absolute Gasteiger partial charge is 0.293 e. The van der Waals surface area contributed by atoms with Crippen molar-refractivity contribution in [1.82, 2.24) is 15.4 Å². The van der Waals surface area contributed by atoms with Crippen molar-refractivity contribution in [3.63, 3.8) is 0 Å². The molecule has 94 valence electrons. The standard InChI is InChI=1S/C11H18N4O2/c1-14(2)6-7-15(3)9-4-5-10(12-8-9)11(16)13-17/h4-5,8,17H,6-7H2,1-3H3,(H,13,16). The lowest BCUT2D eigenvalue weighted by molar-refractivity contribution is 0.0701. The number of anilines is 1. The third-order valence-corrected chi connectivity index (χ3v) is 2.41. The first-order valence-electron chi connectivity index (χ1n) is 5.31. The molecular weight excluding hydrogens is 220 g/mol. The van der Waals surface area contributed by atoms with Crippen molar-refractivity contribution in [2.75, 3.05) is 39.1 Å². The molecule has 17 heavy (non-hydrogen) atoms. The quantitative estimate of drug-likeness (QED) is 0.566. The van der Waals surface area contributed by atoms with Gasteiger partial charge in [-0.3, -0.25) is 10.0 Å². The van der Waals surface area contributed by atoms with Gasteiger partial charge in [0.1, 0.15) is 5.69 Å². The Kier molecular flexibility index (Phi) is 4.86. The summed E-state index contributed by atoms with van der Waals surface area (Å²) in [6.07, 6.45) is 1.61. The molecule has 0 atom stereocenters. The maximum absolute atomic E-state index is 11.1. The van der Waals surface area contributed by atoms with E-state index in [9.17, 15) is 4.79 Å². The lowest BCUT2D eigenvalue weighted by atomic mass is 10.3. The van der Waals surface area contributed by atoms with Gasteiger partial charge in [0, 0.05) is 20.1 Å². The second kappa shape index (κ2) is 6.17. The number of rotatable bonds is 5. The van der Waals surface area contributed by atoms with E-state index in [0.717, 1.165) is 18.8 Å². The summed E-state index contributed by atoms with van der Waals surface area (Å²) in [5, 5.41) is 8.46. The monoisotopic (exact) mass is 238 g/mol. The van der Waals surface area contributed by atoms with Gasteiger partial charge in [-0.2, -0.15) is 0 Å². The highest BCUT2D eigenvalue weighted by molar-refractivity contribution is 5.91. The summed E-state index contributed by atoms with van der Waals surface area (Å²) < 4.78 is 0. The van der Waals surface area contributed by atoms with Crippen molar-refractivity contribution < 1.29 is 10.0 Å². The van der Waals surface area contributed by atoms with E-state index < -0.39 is 5.91 Å². The van der Waals surface area contributed by atoms with Gasteiger partial charge in [0.25, 0.3) is 5.91 Å². The van der Waals surface area contributed by atoms with E-state index >= 15 is 0 Å². The third-order valence-electron chi connectivity index (χ3n) is 2.41. The number of hydroxylamine groups is 1. The highest BCUT2D eigenvalue weighted by atomic mass is 16.5. The average Bonchev–Trinajstić information content (AvgIpc) is 2.35. The number of pyridine rings is 1. The zero-order chi connectivity index (χ0) is 12.8. The van der Waals surface area contributed by atoms with E-state index in [2.05, 4.69) is 9.88 Å². The number of amides is 1. The SMILES string of the molecule is CN(C)CCN(C)c1ccc(C(=O)NO)nc1. The predicted octanol–water partition coefficient (Wildman–Crippen LogP) is 0.198. The van der Waals surface area contributed by atoms with Crippen LogP contribution in [0.25, 0.3) is 0 Å². The summed E-state index contributed by atoms with van der Waals surface area (Å²) in [6.45, 7) is 1.82. The van der Waals surface area contributed by atoms with Crippen LogP contribution in [0.1, 0.15) is 10.5 Å². The molecule has 0 aliphatic heterocycles. The Morgan fingerprint density at radius 1 is 1.35 bits per heavy atom. The van der Waals surface area contributed by atoms with Crippen molar-refractivity contribution in [1.29, 1.82) is 0 Å². The number of carbonyl (C=O) groups excluding carboxylic acids is 1. The van der Waals surface area contributed by atoms with E-state index in [0.29, 0.717) is 0 Å². The normalized spacial score (nSPS) is 10.4. The third kappa shape index (κ3) is 4.01. The summed E-state index contributed by atoms with van der Waals surface area (Å²) in [7, 11) is 5.99. The Balaban J connectivity index is 2.63. The predicted molar refractivity (Wildman–Crippen MR) is 65.3 cm³/mol. The number of likely N-dealkylation sites (N-methyl/N-ethyl adjacent to an activating group) is 2. The zero-order valence-corrected chi connectivity index (χ0v) is 10.3. The molecule has 0 aliphatic rings. The van der Waals surface area contributed by atoms with E-state index in [1.165, 1.54) is 0 Å². The van der Waals surface area contributed by atoms with Gasteiger partial charge < -0.3 is 9.80 Å². The van der Waals surface area contributed by atoms with Crippen molar-refractivity contribution >= 4 is 11.6 Å². The van der Waals surface area contributed by atoms with Gasteiger partial charge in [0.15, 0.2) is 0 Å². The molecule has 0 aliphatic carbocycles. The second-order valence-electron chi connectivity index (χ2n) is 4.07. The molecule has 1 rings (SSSR count). The largest absolute Gasteiger partial charge is 0.372 e. The number of hydrogen-bond donors (Lipinski definition) is 2. The van der Waals surface area contributed by atoms with Crippen molar-refractivity contribution in [2.45, 2.75) is 0 Å². The van der Waals surface area contributed by atoms with Crippen LogP contribution in [0.4, 0.5) is 5.69 Å². The van der Waals surface area contributed by atoms with Crippen molar-refractivity contribution in [3.05, 3.63) is 24.0 Å². The minimum atomic E-state index is -0.604. The number of carbonyl (C=O) groups is 1. The first kappa shape index (κ1) is 13.4. The van der Waals surface area contributed by atoms with Crippen LogP contribution in [0.5, 0.6) is 0 Å². The van der Waals surface area contributed by atoms with Crippen LogP contribution >= 0.6 is 0 Å². The fourth-order valence-corrected chi connectivity index (χ4v) is 1.28. The van der Waals surface area contributed by atoms with Crippen LogP contribution in [0, 0.1) is 0 Å². The summed E-state index contributed by atoms with van der Waals surface area (Å²) in [5.74, 6) is -0.604. The van der Waals surface area contributed by atoms with E-state index in [-0.39, 0.29) is 5.69 Å². The Morgan fingerprint density at radius 3 is 2.53 bits per heavy atom. The van der Waals surface area contributed by atoms with E-state index in [1.54, 1.807) is 23.8 Å². The molecule has 0 saturated heterocycles. The lowest BCUT2D eigenvalue weighted by Gasteiger charge is -2.21. The topological polar surface area (TPSA) is 68.7 Å². The Morgan fingerprint density at radius 2 is 2.06 bits per heavy atom. The van der Waals surface area contributed by atoms with Gasteiger partial charge >= 0.3 is 0 Å². The van der Waals surface area contributed by atoms with Crippen molar-refractivity contribution in [3.8, 4) is 0 Å². The minimum Gasteiger partial charge on any atom is -0.372 e. The number of nitrogens with zero attached hydrogens (tertiary/aromatic N) is 3. The van der Waals surface area contributed by atoms with Gasteiger partial charge in [0.05, 0.1) is 11.9 Å². The maximum atomic E-state index is 11.1. The molecule has 0 saturated carbocycles. The maximum Gasteiger partial charge on any atom is 0.293 e. The molecule has 1 amide bonds. The number of aromatic nitrogens is 1. The molecule has 0 fully saturated rings. The summed E-state index contributed by atoms with van der Waals surface area (Å²) >= 11 is 0. The molecule has 6 nitrogen and oxygen atoms in total. The van der Waals surface area contributed by atoms with Crippen LogP contribution in [0.15, 0.2) is 18.3 Å². The van der Waals surface area contributed by atoms with E-state index in [4.69, 9.17) is 5.21 Å². The molecule has 6 heteroatoms. The molecule has 1 aromatic rings. The van der Waals surface area contributed by atoms with Gasteiger partial charge in [-0.25, -0.2) is 10.5 Å². The molecule has 0 aromatic carbocycles. The molecule has 0 spiro atoms. The highest BCUT2D eigenvalue weighted by Crippen LogP contribution is 2.10. The van der Waals surface area contributed by atoms with Crippen LogP contribution < -0.4 is 10.4 Å². The first-order valence-corrected chi connectivity index (χ1v) is 5.31.